The lowest BCUT2D eigenvalue weighted by molar-refractivity contribution is -0.111. The zero-order chi connectivity index (χ0) is 15.9. The van der Waals surface area contributed by atoms with Gasteiger partial charge in [0, 0.05) is 17.3 Å². The molecule has 5 heteroatoms. The van der Waals surface area contributed by atoms with E-state index in [9.17, 15) is 9.90 Å². The summed E-state index contributed by atoms with van der Waals surface area (Å²) < 4.78 is 10.4. The van der Waals surface area contributed by atoms with Gasteiger partial charge in [-0.15, -0.1) is 0 Å². The number of nitrogens with one attached hydrogen (secondary N) is 1. The molecule has 0 fully saturated rings. The smallest absolute Gasteiger partial charge is 0.248 e. The lowest BCUT2D eigenvalue weighted by atomic mass is 10.1. The van der Waals surface area contributed by atoms with Gasteiger partial charge in [0.05, 0.1) is 14.2 Å². The maximum absolute atomic E-state index is 11.9. The predicted octanol–water partition coefficient (Wildman–Crippen LogP) is 3.06. The first-order valence-corrected chi connectivity index (χ1v) is 6.62. The van der Waals surface area contributed by atoms with E-state index < -0.39 is 0 Å². The summed E-state index contributed by atoms with van der Waals surface area (Å²) in [5.74, 6) is 1.19. The number of rotatable bonds is 5. The van der Waals surface area contributed by atoms with Crippen molar-refractivity contribution in [3.8, 4) is 17.2 Å². The maximum Gasteiger partial charge on any atom is 0.248 e. The Kier molecular flexibility index (Phi) is 5.03. The third-order valence-corrected chi connectivity index (χ3v) is 2.99. The van der Waals surface area contributed by atoms with E-state index in [2.05, 4.69) is 5.32 Å². The second-order valence-corrected chi connectivity index (χ2v) is 4.48. The van der Waals surface area contributed by atoms with Gasteiger partial charge in [-0.1, -0.05) is 0 Å². The molecule has 0 spiro atoms. The Balaban J connectivity index is 2.10. The van der Waals surface area contributed by atoms with Gasteiger partial charge in [0.25, 0.3) is 0 Å². The van der Waals surface area contributed by atoms with Crippen LogP contribution in [-0.4, -0.2) is 25.2 Å². The van der Waals surface area contributed by atoms with Crippen LogP contribution in [0.5, 0.6) is 17.2 Å². The highest BCUT2D eigenvalue weighted by Gasteiger charge is 2.03. The Morgan fingerprint density at radius 3 is 2.45 bits per heavy atom. The summed E-state index contributed by atoms with van der Waals surface area (Å²) >= 11 is 0. The van der Waals surface area contributed by atoms with Crippen LogP contribution < -0.4 is 14.8 Å². The second kappa shape index (κ2) is 7.17. The number of aromatic hydroxyl groups is 1. The Bertz CT molecular complexity index is 678. The van der Waals surface area contributed by atoms with E-state index in [1.54, 1.807) is 50.6 Å². The van der Waals surface area contributed by atoms with Crippen LogP contribution >= 0.6 is 0 Å². The summed E-state index contributed by atoms with van der Waals surface area (Å²) in [7, 11) is 3.14. The molecule has 2 rings (SSSR count). The molecule has 5 nitrogen and oxygen atoms in total. The van der Waals surface area contributed by atoms with E-state index in [1.807, 2.05) is 0 Å². The van der Waals surface area contributed by atoms with Gasteiger partial charge >= 0.3 is 0 Å². The number of carbonyl (C=O) groups excluding carboxylic acids is 1. The van der Waals surface area contributed by atoms with Crippen molar-refractivity contribution in [1.82, 2.24) is 0 Å². The van der Waals surface area contributed by atoms with Crippen molar-refractivity contribution in [3.05, 3.63) is 54.1 Å². The largest absolute Gasteiger partial charge is 0.508 e. The summed E-state index contributed by atoms with van der Waals surface area (Å²) in [5.41, 5.74) is 1.34. The van der Waals surface area contributed by atoms with Gasteiger partial charge in [0.15, 0.2) is 0 Å². The summed E-state index contributed by atoms with van der Waals surface area (Å²) in [6, 6.07) is 11.6. The molecule has 0 atom stereocenters. The molecule has 2 aromatic rings. The third kappa shape index (κ3) is 4.02. The minimum Gasteiger partial charge on any atom is -0.508 e. The number of ether oxygens (including phenoxy) is 2. The van der Waals surface area contributed by atoms with E-state index >= 15 is 0 Å². The second-order valence-electron chi connectivity index (χ2n) is 4.48. The minimum absolute atomic E-state index is 0.148. The molecule has 22 heavy (non-hydrogen) atoms. The molecule has 0 aliphatic carbocycles. The Morgan fingerprint density at radius 1 is 1.09 bits per heavy atom. The highest BCUT2D eigenvalue weighted by Crippen LogP contribution is 2.25. The molecule has 114 valence electrons. The van der Waals surface area contributed by atoms with E-state index in [4.69, 9.17) is 9.47 Å². The first-order chi connectivity index (χ1) is 10.6. The number of phenolic OH excluding ortho intramolecular Hbond substituents is 1. The molecule has 0 radical (unpaired) electrons. The topological polar surface area (TPSA) is 67.8 Å². The first-order valence-electron chi connectivity index (χ1n) is 6.62. The van der Waals surface area contributed by atoms with Crippen molar-refractivity contribution >= 4 is 17.7 Å². The number of methoxy groups -OCH3 is 2. The monoisotopic (exact) mass is 299 g/mol. The van der Waals surface area contributed by atoms with Crippen molar-refractivity contribution in [2.45, 2.75) is 0 Å². The summed E-state index contributed by atoms with van der Waals surface area (Å²) in [5, 5.41) is 11.9. The van der Waals surface area contributed by atoms with Crippen LogP contribution in [-0.2, 0) is 4.79 Å². The van der Waals surface area contributed by atoms with Crippen LogP contribution in [0.2, 0.25) is 0 Å². The van der Waals surface area contributed by atoms with Gasteiger partial charge in [-0.3, -0.25) is 4.79 Å². The fourth-order valence-corrected chi connectivity index (χ4v) is 1.86. The average Bonchev–Trinajstić information content (AvgIpc) is 2.54. The lowest BCUT2D eigenvalue weighted by Gasteiger charge is -2.07. The van der Waals surface area contributed by atoms with E-state index in [0.29, 0.717) is 17.2 Å². The first kappa shape index (κ1) is 15.4. The number of anilines is 1. The van der Waals surface area contributed by atoms with Crippen LogP contribution in [0.25, 0.3) is 6.08 Å². The van der Waals surface area contributed by atoms with Gasteiger partial charge in [0.2, 0.25) is 5.91 Å². The molecule has 2 N–H and O–H groups in total. The normalized spacial score (nSPS) is 10.5. The van der Waals surface area contributed by atoms with Gasteiger partial charge in [-0.25, -0.2) is 0 Å². The molecule has 0 aliphatic heterocycles. The zero-order valence-corrected chi connectivity index (χ0v) is 12.4. The Morgan fingerprint density at radius 2 is 1.82 bits per heavy atom. The van der Waals surface area contributed by atoms with Gasteiger partial charge in [-0.2, -0.15) is 0 Å². The highest BCUT2D eigenvalue weighted by molar-refractivity contribution is 6.02. The molecular weight excluding hydrogens is 282 g/mol. The Hall–Kier alpha value is -2.95. The van der Waals surface area contributed by atoms with E-state index in [0.717, 1.165) is 5.56 Å². The molecule has 0 saturated carbocycles. The van der Waals surface area contributed by atoms with Crippen molar-refractivity contribution in [3.63, 3.8) is 0 Å². The molecule has 0 unspecified atom stereocenters. The van der Waals surface area contributed by atoms with Gasteiger partial charge in [0.1, 0.15) is 17.2 Å². The summed E-state index contributed by atoms with van der Waals surface area (Å²) in [6.45, 7) is 0. The maximum atomic E-state index is 11.9. The van der Waals surface area contributed by atoms with Crippen molar-refractivity contribution in [2.24, 2.45) is 0 Å². The van der Waals surface area contributed by atoms with Crippen LogP contribution in [0, 0.1) is 0 Å². The minimum atomic E-state index is -0.282. The van der Waals surface area contributed by atoms with Gasteiger partial charge < -0.3 is 19.9 Å². The molecule has 0 saturated heterocycles. The molecule has 0 heterocycles. The third-order valence-electron chi connectivity index (χ3n) is 2.99. The van der Waals surface area contributed by atoms with Crippen LogP contribution in [0.4, 0.5) is 5.69 Å². The van der Waals surface area contributed by atoms with Crippen molar-refractivity contribution in [2.75, 3.05) is 19.5 Å². The molecule has 0 aliphatic rings. The van der Waals surface area contributed by atoms with Gasteiger partial charge in [-0.05, 0) is 48.5 Å². The lowest BCUT2D eigenvalue weighted by Crippen LogP contribution is -2.07. The summed E-state index contributed by atoms with van der Waals surface area (Å²) in [4.78, 5) is 11.9. The number of phenols is 1. The number of amides is 1. The predicted molar refractivity (Wildman–Crippen MR) is 85.3 cm³/mol. The highest BCUT2D eigenvalue weighted by atomic mass is 16.5. The zero-order valence-electron chi connectivity index (χ0n) is 12.4. The molecule has 0 aromatic heterocycles. The van der Waals surface area contributed by atoms with Crippen LogP contribution in [0.3, 0.4) is 0 Å². The quantitative estimate of drug-likeness (QED) is 0.657. The number of carbonyl (C=O) groups is 1. The molecular formula is C17H17NO4. The number of hydrogen-bond acceptors (Lipinski definition) is 4. The fourth-order valence-electron chi connectivity index (χ4n) is 1.86. The Labute approximate surface area is 128 Å². The van der Waals surface area contributed by atoms with Crippen molar-refractivity contribution in [1.29, 1.82) is 0 Å². The van der Waals surface area contributed by atoms with E-state index in [1.165, 1.54) is 18.2 Å². The SMILES string of the molecule is COc1ccc(OC)c(C=CC(=O)Nc2ccc(O)cc2)c1. The summed E-state index contributed by atoms with van der Waals surface area (Å²) in [6.07, 6.45) is 3.06. The van der Waals surface area contributed by atoms with Crippen molar-refractivity contribution < 1.29 is 19.4 Å². The standard InChI is InChI=1S/C17H17NO4/c1-21-15-8-9-16(22-2)12(11-15)3-10-17(20)18-13-4-6-14(19)7-5-13/h3-11,19H,1-2H3,(H,18,20). The molecule has 0 bridgehead atoms. The van der Waals surface area contributed by atoms with E-state index in [-0.39, 0.29) is 11.7 Å². The number of benzene rings is 2. The molecule has 2 aromatic carbocycles. The van der Waals surface area contributed by atoms with Crippen LogP contribution in [0.15, 0.2) is 48.5 Å². The number of hydrogen-bond donors (Lipinski definition) is 2. The fraction of sp³-hybridized carbons (Fsp3) is 0.118. The average molecular weight is 299 g/mol. The van der Waals surface area contributed by atoms with Crippen LogP contribution in [0.1, 0.15) is 5.56 Å². The molecule has 1 amide bonds.